The quantitative estimate of drug-likeness (QED) is 0.584. The van der Waals surface area contributed by atoms with Crippen molar-refractivity contribution in [2.45, 2.75) is 39.0 Å². The summed E-state index contributed by atoms with van der Waals surface area (Å²) in [5.41, 5.74) is 3.75. The Bertz CT molecular complexity index is 1270. The number of hydrogen-bond donors (Lipinski definition) is 2. The van der Waals surface area contributed by atoms with Gasteiger partial charge in [-0.2, -0.15) is 0 Å². The van der Waals surface area contributed by atoms with Crippen LogP contribution in [-0.2, 0) is 30.3 Å². The molecule has 3 amide bonds. The van der Waals surface area contributed by atoms with E-state index in [9.17, 15) is 14.4 Å². The van der Waals surface area contributed by atoms with Crippen LogP contribution in [0.3, 0.4) is 0 Å². The summed E-state index contributed by atoms with van der Waals surface area (Å²) in [6, 6.07) is 15.2. The highest BCUT2D eigenvalue weighted by Crippen LogP contribution is 2.39. The Balaban J connectivity index is 1.19. The van der Waals surface area contributed by atoms with Gasteiger partial charge < -0.3 is 34.6 Å². The van der Waals surface area contributed by atoms with Crippen LogP contribution in [0, 0.1) is 5.92 Å². The van der Waals surface area contributed by atoms with Crippen molar-refractivity contribution in [3.63, 3.8) is 0 Å². The molecule has 1 aliphatic carbocycles. The number of fused-ring (bicyclic) bond motifs is 1. The van der Waals surface area contributed by atoms with Crippen LogP contribution in [0.25, 0.3) is 0 Å². The van der Waals surface area contributed by atoms with Crippen LogP contribution >= 0.6 is 0 Å². The fourth-order valence-electron chi connectivity index (χ4n) is 4.80. The average molecular weight is 535 g/mol. The lowest BCUT2D eigenvalue weighted by molar-refractivity contribution is -0.126. The standard InChI is InChI=1S/C29H34N4O6/c1-29(2,3)39-28(36)30-17-19-7-9-20(10-8-19)31-27(35)23-16-24-26(23)38-14-12-32(24)21-5-4-6-22(15-21)33-11-13-37-18-25(33)34/h4-10,15-16,23,26H,11-14,17-18H2,1-3H3,(H,30,36)(H,31,35). The maximum absolute atomic E-state index is 13.0. The van der Waals surface area contributed by atoms with Gasteiger partial charge in [-0.05, 0) is 62.7 Å². The molecule has 5 rings (SSSR count). The predicted octanol–water partition coefficient (Wildman–Crippen LogP) is 3.43. The van der Waals surface area contributed by atoms with Crippen molar-refractivity contribution in [3.8, 4) is 0 Å². The third-order valence-corrected chi connectivity index (χ3v) is 6.69. The fraction of sp³-hybridized carbons (Fsp3) is 0.414. The second-order valence-corrected chi connectivity index (χ2v) is 10.7. The van der Waals surface area contributed by atoms with Gasteiger partial charge in [-0.25, -0.2) is 4.79 Å². The number of carbonyl (C=O) groups is 3. The highest BCUT2D eigenvalue weighted by atomic mass is 16.6. The molecule has 0 bridgehead atoms. The SMILES string of the molecule is CC(C)(C)OC(=O)NCc1ccc(NC(=O)C2C=C3C2OCCN3c2cccc(N3CCOCC3=O)c2)cc1. The van der Waals surface area contributed by atoms with Gasteiger partial charge in [0.1, 0.15) is 18.3 Å². The van der Waals surface area contributed by atoms with Crippen LogP contribution in [0.15, 0.2) is 60.3 Å². The van der Waals surface area contributed by atoms with E-state index in [2.05, 4.69) is 15.5 Å². The first kappa shape index (κ1) is 26.7. The molecular formula is C29H34N4O6. The Morgan fingerprint density at radius 2 is 1.74 bits per heavy atom. The summed E-state index contributed by atoms with van der Waals surface area (Å²) in [7, 11) is 0. The van der Waals surface area contributed by atoms with Crippen LogP contribution in [0.4, 0.5) is 21.9 Å². The van der Waals surface area contributed by atoms with Crippen molar-refractivity contribution < 1.29 is 28.6 Å². The van der Waals surface area contributed by atoms with E-state index in [0.29, 0.717) is 38.5 Å². The second-order valence-electron chi connectivity index (χ2n) is 10.7. The number of ether oxygens (including phenoxy) is 3. The molecule has 2 heterocycles. The van der Waals surface area contributed by atoms with Gasteiger partial charge in [-0.1, -0.05) is 18.2 Å². The molecule has 10 nitrogen and oxygen atoms in total. The van der Waals surface area contributed by atoms with E-state index in [0.717, 1.165) is 22.6 Å². The fourth-order valence-corrected chi connectivity index (χ4v) is 4.80. The molecule has 2 fully saturated rings. The van der Waals surface area contributed by atoms with E-state index >= 15 is 0 Å². The van der Waals surface area contributed by atoms with Crippen molar-refractivity contribution >= 4 is 35.0 Å². The van der Waals surface area contributed by atoms with E-state index in [1.807, 2.05) is 63.2 Å². The van der Waals surface area contributed by atoms with E-state index < -0.39 is 17.6 Å². The smallest absolute Gasteiger partial charge is 0.407 e. The molecule has 2 aromatic rings. The molecule has 2 atom stereocenters. The van der Waals surface area contributed by atoms with Crippen molar-refractivity contribution in [1.29, 1.82) is 0 Å². The number of alkyl carbamates (subject to hydrolysis) is 1. The largest absolute Gasteiger partial charge is 0.444 e. The van der Waals surface area contributed by atoms with E-state index in [-0.39, 0.29) is 24.5 Å². The number of rotatable bonds is 6. The third-order valence-electron chi connectivity index (χ3n) is 6.69. The van der Waals surface area contributed by atoms with Crippen molar-refractivity contribution in [2.75, 3.05) is 48.0 Å². The number of nitrogens with one attached hydrogen (secondary N) is 2. The molecule has 0 spiro atoms. The van der Waals surface area contributed by atoms with Gasteiger partial charge in [-0.15, -0.1) is 0 Å². The van der Waals surface area contributed by atoms with Gasteiger partial charge in [0.25, 0.3) is 5.91 Å². The summed E-state index contributed by atoms with van der Waals surface area (Å²) in [5, 5.41) is 5.68. The molecule has 3 aliphatic rings. The lowest BCUT2D eigenvalue weighted by Crippen LogP contribution is -2.52. The topological polar surface area (TPSA) is 109 Å². The third kappa shape index (κ3) is 6.23. The zero-order chi connectivity index (χ0) is 27.6. The van der Waals surface area contributed by atoms with E-state index in [1.54, 1.807) is 17.0 Å². The monoisotopic (exact) mass is 534 g/mol. The summed E-state index contributed by atoms with van der Waals surface area (Å²) in [6.07, 6.45) is 1.13. The van der Waals surface area contributed by atoms with E-state index in [4.69, 9.17) is 14.2 Å². The number of carbonyl (C=O) groups excluding carboxylic acids is 3. The maximum atomic E-state index is 13.0. The van der Waals surface area contributed by atoms with Gasteiger partial charge in [-0.3, -0.25) is 9.59 Å². The molecule has 39 heavy (non-hydrogen) atoms. The van der Waals surface area contributed by atoms with Gasteiger partial charge >= 0.3 is 6.09 Å². The molecule has 10 heteroatoms. The molecular weight excluding hydrogens is 500 g/mol. The van der Waals surface area contributed by atoms with Gasteiger partial charge in [0.05, 0.1) is 19.1 Å². The van der Waals surface area contributed by atoms with Crippen molar-refractivity contribution in [2.24, 2.45) is 5.92 Å². The van der Waals surface area contributed by atoms with Crippen LogP contribution < -0.4 is 20.4 Å². The lowest BCUT2D eigenvalue weighted by atomic mass is 9.84. The van der Waals surface area contributed by atoms with Crippen LogP contribution in [0.2, 0.25) is 0 Å². The molecule has 0 saturated carbocycles. The Morgan fingerprint density at radius 1 is 1.03 bits per heavy atom. The Labute approximate surface area is 227 Å². The molecule has 0 aromatic heterocycles. The van der Waals surface area contributed by atoms with Crippen LogP contribution in [0.5, 0.6) is 0 Å². The zero-order valence-corrected chi connectivity index (χ0v) is 22.4. The predicted molar refractivity (Wildman–Crippen MR) is 146 cm³/mol. The summed E-state index contributed by atoms with van der Waals surface area (Å²) in [5.74, 6) is -0.594. The highest BCUT2D eigenvalue weighted by Gasteiger charge is 2.44. The Hall–Kier alpha value is -3.89. The molecule has 2 N–H and O–H groups in total. The Kier molecular flexibility index (Phi) is 7.58. The zero-order valence-electron chi connectivity index (χ0n) is 22.4. The number of amides is 3. The van der Waals surface area contributed by atoms with Crippen LogP contribution in [-0.4, -0.2) is 62.5 Å². The summed E-state index contributed by atoms with van der Waals surface area (Å²) in [6.45, 7) is 8.06. The van der Waals surface area contributed by atoms with Gasteiger partial charge in [0.2, 0.25) is 5.91 Å². The van der Waals surface area contributed by atoms with Crippen LogP contribution in [0.1, 0.15) is 26.3 Å². The second kappa shape index (κ2) is 11.1. The summed E-state index contributed by atoms with van der Waals surface area (Å²) >= 11 is 0. The molecule has 2 aliphatic heterocycles. The minimum Gasteiger partial charge on any atom is -0.444 e. The number of hydrogen-bond acceptors (Lipinski definition) is 7. The van der Waals surface area contributed by atoms with Gasteiger partial charge in [0, 0.05) is 42.4 Å². The minimum atomic E-state index is -0.555. The number of benzene rings is 2. The average Bonchev–Trinajstić information content (AvgIpc) is 2.88. The molecule has 206 valence electrons. The van der Waals surface area contributed by atoms with Crippen molar-refractivity contribution in [3.05, 3.63) is 65.9 Å². The molecule has 2 unspecified atom stereocenters. The first-order valence-electron chi connectivity index (χ1n) is 13.1. The molecule has 2 aromatic carbocycles. The molecule has 0 radical (unpaired) electrons. The number of morpholine rings is 2. The maximum Gasteiger partial charge on any atom is 0.407 e. The first-order chi connectivity index (χ1) is 18.7. The van der Waals surface area contributed by atoms with E-state index in [1.165, 1.54) is 0 Å². The number of anilines is 3. The molecule has 2 saturated heterocycles. The first-order valence-corrected chi connectivity index (χ1v) is 13.1. The Morgan fingerprint density at radius 3 is 2.46 bits per heavy atom. The minimum absolute atomic E-state index is 0.0508. The lowest BCUT2D eigenvalue weighted by Gasteiger charge is -2.45. The number of nitrogens with zero attached hydrogens (tertiary/aromatic N) is 2. The van der Waals surface area contributed by atoms with Gasteiger partial charge in [0.15, 0.2) is 0 Å². The normalized spacial score (nSPS) is 20.9. The summed E-state index contributed by atoms with van der Waals surface area (Å²) < 4.78 is 16.5. The van der Waals surface area contributed by atoms with Crippen molar-refractivity contribution in [1.82, 2.24) is 5.32 Å². The highest BCUT2D eigenvalue weighted by molar-refractivity contribution is 5.97. The summed E-state index contributed by atoms with van der Waals surface area (Å²) in [4.78, 5) is 41.1.